The Hall–Kier alpha value is -2.22. The van der Waals surface area contributed by atoms with Crippen LogP contribution in [0.15, 0.2) is 24.3 Å². The second-order valence-electron chi connectivity index (χ2n) is 9.39. The zero-order valence-electron chi connectivity index (χ0n) is 19.6. The molecule has 1 aromatic carbocycles. The maximum Gasteiger partial charge on any atom is 0.256 e. The zero-order valence-corrected chi connectivity index (χ0v) is 19.6. The quantitative estimate of drug-likeness (QED) is 0.599. The second-order valence-corrected chi connectivity index (χ2v) is 9.39. The first-order chi connectivity index (χ1) is 15.5. The number of rotatable bonds is 6. The molecule has 1 aromatic heterocycles. The summed E-state index contributed by atoms with van der Waals surface area (Å²) in [7, 11) is 1.78. The average molecular weight is 440 g/mol. The lowest BCUT2D eigenvalue weighted by Crippen LogP contribution is -2.56. The Morgan fingerprint density at radius 2 is 2.03 bits per heavy atom. The SMILES string of the molecule is COC1CN(c2nc3c(C)cccc3cc2C(=O)NC(C)N)CCC1NC1CCCCC1. The van der Waals surface area contributed by atoms with Crippen LogP contribution in [-0.4, -0.2) is 55.4 Å². The molecule has 0 bridgehead atoms. The first-order valence-electron chi connectivity index (χ1n) is 12.0. The fourth-order valence-corrected chi connectivity index (χ4v) is 5.14. The molecule has 7 nitrogen and oxygen atoms in total. The second kappa shape index (κ2) is 10.1. The minimum absolute atomic E-state index is 0.0457. The molecule has 2 aromatic rings. The molecule has 32 heavy (non-hydrogen) atoms. The maximum atomic E-state index is 13.0. The van der Waals surface area contributed by atoms with Crippen molar-refractivity contribution in [1.82, 2.24) is 15.6 Å². The minimum atomic E-state index is -0.430. The Balaban J connectivity index is 1.61. The summed E-state index contributed by atoms with van der Waals surface area (Å²) < 4.78 is 5.92. The number of piperidine rings is 1. The number of methoxy groups -OCH3 is 1. The number of ether oxygens (including phenoxy) is 1. The van der Waals surface area contributed by atoms with Gasteiger partial charge in [0.15, 0.2) is 0 Å². The largest absolute Gasteiger partial charge is 0.378 e. The normalized spacial score (nSPS) is 23.3. The zero-order chi connectivity index (χ0) is 22.7. The van der Waals surface area contributed by atoms with Crippen LogP contribution in [-0.2, 0) is 4.74 Å². The van der Waals surface area contributed by atoms with Gasteiger partial charge in [-0.25, -0.2) is 4.98 Å². The molecule has 4 N–H and O–H groups in total. The number of aromatic nitrogens is 1. The molecule has 3 unspecified atom stereocenters. The molecule has 0 spiro atoms. The first kappa shape index (κ1) is 23.0. The summed E-state index contributed by atoms with van der Waals surface area (Å²) in [6.07, 6.45) is 7.05. The van der Waals surface area contributed by atoms with Crippen LogP contribution in [0.3, 0.4) is 0 Å². The molecular weight excluding hydrogens is 402 g/mol. The lowest BCUT2D eigenvalue weighted by atomic mass is 9.92. The average Bonchev–Trinajstić information content (AvgIpc) is 2.79. The fraction of sp³-hybridized carbons (Fsp3) is 0.600. The van der Waals surface area contributed by atoms with Crippen molar-refractivity contribution in [3.63, 3.8) is 0 Å². The van der Waals surface area contributed by atoms with Gasteiger partial charge in [0.1, 0.15) is 5.82 Å². The number of aryl methyl sites for hydroxylation is 1. The molecule has 1 amide bonds. The highest BCUT2D eigenvalue weighted by molar-refractivity contribution is 6.03. The summed E-state index contributed by atoms with van der Waals surface area (Å²) in [4.78, 5) is 20.2. The number of amides is 1. The van der Waals surface area contributed by atoms with E-state index in [0.29, 0.717) is 30.0 Å². The number of nitrogens with one attached hydrogen (secondary N) is 2. The van der Waals surface area contributed by atoms with Gasteiger partial charge >= 0.3 is 0 Å². The molecule has 1 saturated heterocycles. The van der Waals surface area contributed by atoms with Crippen LogP contribution in [0.5, 0.6) is 0 Å². The number of fused-ring (bicyclic) bond motifs is 1. The standard InChI is InChI=1S/C25H37N5O2/c1-16-8-7-9-18-14-20(25(31)27-17(2)26)24(29-23(16)18)30-13-12-21(22(15-30)32-3)28-19-10-5-4-6-11-19/h7-9,14,17,19,21-22,28H,4-6,10-13,15,26H2,1-3H3,(H,27,31). The van der Waals surface area contributed by atoms with Crippen molar-refractivity contribution < 1.29 is 9.53 Å². The van der Waals surface area contributed by atoms with E-state index in [1.165, 1.54) is 32.1 Å². The number of hydrogen-bond donors (Lipinski definition) is 3. The molecule has 2 fully saturated rings. The lowest BCUT2D eigenvalue weighted by molar-refractivity contribution is 0.0533. The molecule has 4 rings (SSSR count). The number of anilines is 1. The monoisotopic (exact) mass is 439 g/mol. The van der Waals surface area contributed by atoms with Gasteiger partial charge in [0.2, 0.25) is 0 Å². The van der Waals surface area contributed by atoms with Crippen LogP contribution in [0, 0.1) is 6.92 Å². The molecule has 3 atom stereocenters. The Labute approximate surface area is 191 Å². The summed E-state index contributed by atoms with van der Waals surface area (Å²) in [6.45, 7) is 5.34. The van der Waals surface area contributed by atoms with Crippen molar-refractivity contribution in [1.29, 1.82) is 0 Å². The number of pyridine rings is 1. The molecule has 1 aliphatic carbocycles. The summed E-state index contributed by atoms with van der Waals surface area (Å²) >= 11 is 0. The van der Waals surface area contributed by atoms with Gasteiger partial charge in [-0.15, -0.1) is 0 Å². The first-order valence-corrected chi connectivity index (χ1v) is 12.0. The van der Waals surface area contributed by atoms with Crippen LogP contribution < -0.4 is 21.3 Å². The van der Waals surface area contributed by atoms with Crippen LogP contribution >= 0.6 is 0 Å². The number of hydrogen-bond acceptors (Lipinski definition) is 6. The molecule has 7 heteroatoms. The molecule has 174 valence electrons. The van der Waals surface area contributed by atoms with E-state index < -0.39 is 6.17 Å². The number of nitrogens with two attached hydrogens (primary N) is 1. The van der Waals surface area contributed by atoms with Crippen LogP contribution in [0.25, 0.3) is 10.9 Å². The number of nitrogens with zero attached hydrogens (tertiary/aromatic N) is 2. The Bertz CT molecular complexity index is 941. The topological polar surface area (TPSA) is 92.5 Å². The van der Waals surface area contributed by atoms with Gasteiger partial charge in [-0.3, -0.25) is 4.79 Å². The number of benzene rings is 1. The van der Waals surface area contributed by atoms with E-state index in [4.69, 9.17) is 15.5 Å². The molecular formula is C25H37N5O2. The molecule has 1 aliphatic heterocycles. The van der Waals surface area contributed by atoms with Crippen LogP contribution in [0.1, 0.15) is 61.4 Å². The number of carbonyl (C=O) groups is 1. The van der Waals surface area contributed by atoms with E-state index >= 15 is 0 Å². The van der Waals surface area contributed by atoms with E-state index in [1.807, 2.05) is 18.2 Å². The van der Waals surface area contributed by atoms with Crippen molar-refractivity contribution in [2.45, 2.75) is 76.7 Å². The third-order valence-electron chi connectivity index (χ3n) is 6.85. The van der Waals surface area contributed by atoms with Gasteiger partial charge in [-0.05, 0) is 44.7 Å². The van der Waals surface area contributed by atoms with E-state index in [9.17, 15) is 4.79 Å². The van der Waals surface area contributed by atoms with Crippen LogP contribution in [0.4, 0.5) is 5.82 Å². The fourth-order valence-electron chi connectivity index (χ4n) is 5.14. The van der Waals surface area contributed by atoms with E-state index in [0.717, 1.165) is 29.4 Å². The number of para-hydroxylation sites is 1. The minimum Gasteiger partial charge on any atom is -0.378 e. The Morgan fingerprint density at radius 3 is 2.75 bits per heavy atom. The van der Waals surface area contributed by atoms with Crippen molar-refractivity contribution in [2.75, 3.05) is 25.1 Å². The lowest BCUT2D eigenvalue weighted by Gasteiger charge is -2.41. The van der Waals surface area contributed by atoms with E-state index in [-0.39, 0.29) is 12.0 Å². The van der Waals surface area contributed by atoms with Gasteiger partial charge in [-0.2, -0.15) is 0 Å². The highest BCUT2D eigenvalue weighted by Crippen LogP contribution is 2.29. The van der Waals surface area contributed by atoms with Crippen molar-refractivity contribution in [2.24, 2.45) is 5.73 Å². The predicted molar refractivity (Wildman–Crippen MR) is 129 cm³/mol. The van der Waals surface area contributed by atoms with Crippen molar-refractivity contribution >= 4 is 22.6 Å². The summed E-state index contributed by atoms with van der Waals surface area (Å²) in [5.41, 5.74) is 8.44. The van der Waals surface area contributed by atoms with E-state index in [1.54, 1.807) is 14.0 Å². The smallest absolute Gasteiger partial charge is 0.256 e. The maximum absolute atomic E-state index is 13.0. The van der Waals surface area contributed by atoms with Gasteiger partial charge in [-0.1, -0.05) is 37.5 Å². The highest BCUT2D eigenvalue weighted by atomic mass is 16.5. The molecule has 1 saturated carbocycles. The molecule has 0 radical (unpaired) electrons. The third-order valence-corrected chi connectivity index (χ3v) is 6.85. The Kier molecular flexibility index (Phi) is 7.28. The summed E-state index contributed by atoms with van der Waals surface area (Å²) in [6, 6.07) is 8.90. The van der Waals surface area contributed by atoms with Gasteiger partial charge < -0.3 is 26.0 Å². The van der Waals surface area contributed by atoms with Gasteiger partial charge in [0.05, 0.1) is 23.3 Å². The van der Waals surface area contributed by atoms with Crippen molar-refractivity contribution in [3.8, 4) is 0 Å². The molecule has 2 aliphatic rings. The summed E-state index contributed by atoms with van der Waals surface area (Å²) in [5, 5.41) is 7.66. The number of carbonyl (C=O) groups excluding carboxylic acids is 1. The highest BCUT2D eigenvalue weighted by Gasteiger charge is 2.33. The summed E-state index contributed by atoms with van der Waals surface area (Å²) in [5.74, 6) is 0.519. The predicted octanol–water partition coefficient (Wildman–Crippen LogP) is 3.09. The van der Waals surface area contributed by atoms with Gasteiger partial charge in [0.25, 0.3) is 5.91 Å². The third kappa shape index (κ3) is 5.05. The van der Waals surface area contributed by atoms with Crippen molar-refractivity contribution in [3.05, 3.63) is 35.4 Å². The van der Waals surface area contributed by atoms with Gasteiger partial charge in [0, 0.05) is 37.7 Å². The Morgan fingerprint density at radius 1 is 1.25 bits per heavy atom. The van der Waals surface area contributed by atoms with Crippen LogP contribution in [0.2, 0.25) is 0 Å². The molecule has 2 heterocycles. The van der Waals surface area contributed by atoms with E-state index in [2.05, 4.69) is 28.5 Å².